The van der Waals surface area contributed by atoms with Gasteiger partial charge in [0, 0.05) is 16.5 Å². The van der Waals surface area contributed by atoms with Crippen LogP contribution in [0.5, 0.6) is 0 Å². The predicted molar refractivity (Wildman–Crippen MR) is 74.3 cm³/mol. The Morgan fingerprint density at radius 3 is 2.89 bits per heavy atom. The molecular formula is C13H14N4S. The molecule has 4 nitrogen and oxygen atoms in total. The third kappa shape index (κ3) is 2.19. The molecule has 0 atom stereocenters. The summed E-state index contributed by atoms with van der Waals surface area (Å²) in [4.78, 5) is 7.54. The molecule has 1 aliphatic rings. The zero-order chi connectivity index (χ0) is 12.4. The van der Waals surface area contributed by atoms with Crippen LogP contribution in [-0.4, -0.2) is 4.98 Å². The van der Waals surface area contributed by atoms with Gasteiger partial charge in [-0.15, -0.1) is 11.3 Å². The Morgan fingerprint density at radius 2 is 2.11 bits per heavy atom. The number of thiazole rings is 1. The van der Waals surface area contributed by atoms with Crippen molar-refractivity contribution in [1.82, 2.24) is 4.98 Å². The number of azide groups is 1. The van der Waals surface area contributed by atoms with Crippen molar-refractivity contribution < 1.29 is 0 Å². The van der Waals surface area contributed by atoms with E-state index >= 15 is 0 Å². The maximum Gasteiger partial charge on any atom is 0.0969 e. The van der Waals surface area contributed by atoms with Gasteiger partial charge in [0.25, 0.3) is 0 Å². The normalized spacial score (nSPS) is 16.7. The lowest BCUT2D eigenvalue weighted by Crippen LogP contribution is -2.03. The van der Waals surface area contributed by atoms with Crippen molar-refractivity contribution in [3.05, 3.63) is 33.6 Å². The summed E-state index contributed by atoms with van der Waals surface area (Å²) in [5.41, 5.74) is 10.1. The first-order chi connectivity index (χ1) is 8.86. The lowest BCUT2D eigenvalue weighted by atomic mass is 9.90. The molecule has 1 aromatic heterocycles. The van der Waals surface area contributed by atoms with Gasteiger partial charge in [-0.05, 0) is 30.5 Å². The minimum absolute atomic E-state index is 0.638. The van der Waals surface area contributed by atoms with Crippen molar-refractivity contribution in [1.29, 1.82) is 0 Å². The Balaban J connectivity index is 1.96. The Hall–Kier alpha value is -1.58. The number of benzene rings is 1. The quantitative estimate of drug-likeness (QED) is 0.410. The molecule has 5 heteroatoms. The lowest BCUT2D eigenvalue weighted by Gasteiger charge is -2.18. The molecule has 0 bridgehead atoms. The molecule has 92 valence electrons. The van der Waals surface area contributed by atoms with Crippen molar-refractivity contribution in [3.63, 3.8) is 0 Å². The molecule has 0 amide bonds. The summed E-state index contributed by atoms with van der Waals surface area (Å²) in [6.45, 7) is 0. The SMILES string of the molecule is [N-]=[N+]=Nc1ccc2nc(C3CCCCC3)sc2c1. The van der Waals surface area contributed by atoms with Gasteiger partial charge >= 0.3 is 0 Å². The molecular weight excluding hydrogens is 244 g/mol. The van der Waals surface area contributed by atoms with Crippen molar-refractivity contribution in [2.75, 3.05) is 0 Å². The summed E-state index contributed by atoms with van der Waals surface area (Å²) in [7, 11) is 0. The number of fused-ring (bicyclic) bond motifs is 1. The highest BCUT2D eigenvalue weighted by atomic mass is 32.1. The smallest absolute Gasteiger partial charge is 0.0969 e. The van der Waals surface area contributed by atoms with Gasteiger partial charge in [-0.3, -0.25) is 0 Å². The van der Waals surface area contributed by atoms with Gasteiger partial charge in [0.1, 0.15) is 0 Å². The highest BCUT2D eigenvalue weighted by Gasteiger charge is 2.19. The molecule has 2 aromatic rings. The largest absolute Gasteiger partial charge is 0.241 e. The summed E-state index contributed by atoms with van der Waals surface area (Å²) in [5.74, 6) is 0.638. The van der Waals surface area contributed by atoms with Crippen LogP contribution in [0.4, 0.5) is 5.69 Å². The van der Waals surface area contributed by atoms with Crippen LogP contribution >= 0.6 is 11.3 Å². The highest BCUT2D eigenvalue weighted by molar-refractivity contribution is 7.18. The monoisotopic (exact) mass is 258 g/mol. The minimum Gasteiger partial charge on any atom is -0.241 e. The molecule has 3 rings (SSSR count). The number of rotatable bonds is 2. The molecule has 1 aliphatic carbocycles. The van der Waals surface area contributed by atoms with Gasteiger partial charge in [-0.1, -0.05) is 30.4 Å². The molecule has 0 radical (unpaired) electrons. The van der Waals surface area contributed by atoms with Gasteiger partial charge in [0.05, 0.1) is 15.2 Å². The molecule has 1 aromatic carbocycles. The Bertz CT molecular complexity index is 606. The lowest BCUT2D eigenvalue weighted by molar-refractivity contribution is 0.443. The van der Waals surface area contributed by atoms with E-state index in [9.17, 15) is 0 Å². The third-order valence-corrected chi connectivity index (χ3v) is 4.68. The second-order valence-electron chi connectivity index (χ2n) is 4.73. The highest BCUT2D eigenvalue weighted by Crippen LogP contribution is 2.37. The zero-order valence-electron chi connectivity index (χ0n) is 10.0. The summed E-state index contributed by atoms with van der Waals surface area (Å²) in [5, 5.41) is 4.89. The minimum atomic E-state index is 0.638. The zero-order valence-corrected chi connectivity index (χ0v) is 10.9. The van der Waals surface area contributed by atoms with Crippen LogP contribution in [0, 0.1) is 0 Å². The van der Waals surface area contributed by atoms with Gasteiger partial charge in [0.15, 0.2) is 0 Å². The molecule has 1 fully saturated rings. The molecule has 0 spiro atoms. The summed E-state index contributed by atoms with van der Waals surface area (Å²) in [6, 6.07) is 5.70. The fourth-order valence-electron chi connectivity index (χ4n) is 2.57. The van der Waals surface area contributed by atoms with E-state index in [-0.39, 0.29) is 0 Å². The van der Waals surface area contributed by atoms with E-state index in [1.807, 2.05) is 18.2 Å². The van der Waals surface area contributed by atoms with Gasteiger partial charge in [-0.25, -0.2) is 4.98 Å². The van der Waals surface area contributed by atoms with E-state index in [0.717, 1.165) is 10.2 Å². The van der Waals surface area contributed by atoms with E-state index in [1.54, 1.807) is 11.3 Å². The number of aromatic nitrogens is 1. The van der Waals surface area contributed by atoms with E-state index in [1.165, 1.54) is 37.1 Å². The van der Waals surface area contributed by atoms with Gasteiger partial charge in [0.2, 0.25) is 0 Å². The maximum atomic E-state index is 8.45. The van der Waals surface area contributed by atoms with E-state index in [0.29, 0.717) is 11.6 Å². The summed E-state index contributed by atoms with van der Waals surface area (Å²) >= 11 is 1.75. The van der Waals surface area contributed by atoms with Crippen molar-refractivity contribution >= 4 is 27.2 Å². The summed E-state index contributed by atoms with van der Waals surface area (Å²) in [6.07, 6.45) is 6.55. The van der Waals surface area contributed by atoms with E-state index in [4.69, 9.17) is 10.5 Å². The van der Waals surface area contributed by atoms with Crippen LogP contribution in [0.1, 0.15) is 43.0 Å². The van der Waals surface area contributed by atoms with Crippen LogP contribution < -0.4 is 0 Å². The fourth-order valence-corrected chi connectivity index (χ4v) is 3.74. The first-order valence-electron chi connectivity index (χ1n) is 6.32. The average Bonchev–Trinajstić information content (AvgIpc) is 2.83. The molecule has 1 heterocycles. The molecule has 0 aliphatic heterocycles. The molecule has 0 saturated heterocycles. The van der Waals surface area contributed by atoms with Crippen LogP contribution in [0.2, 0.25) is 0 Å². The topological polar surface area (TPSA) is 61.7 Å². The Labute approximate surface area is 109 Å². The first-order valence-corrected chi connectivity index (χ1v) is 7.14. The number of hydrogen-bond donors (Lipinski definition) is 0. The van der Waals surface area contributed by atoms with Gasteiger partial charge in [-0.2, -0.15) is 0 Å². The second-order valence-corrected chi connectivity index (χ2v) is 5.79. The molecule has 1 saturated carbocycles. The number of hydrogen-bond acceptors (Lipinski definition) is 3. The standard InChI is InChI=1S/C13H14N4S/c14-17-16-10-6-7-11-12(8-10)18-13(15-11)9-4-2-1-3-5-9/h6-9H,1-5H2. The average molecular weight is 258 g/mol. The van der Waals surface area contributed by atoms with Gasteiger partial charge < -0.3 is 0 Å². The Morgan fingerprint density at radius 1 is 1.28 bits per heavy atom. The van der Waals surface area contributed by atoms with Crippen LogP contribution in [0.3, 0.4) is 0 Å². The fraction of sp³-hybridized carbons (Fsp3) is 0.462. The van der Waals surface area contributed by atoms with Crippen LogP contribution in [0.25, 0.3) is 20.7 Å². The third-order valence-electron chi connectivity index (χ3n) is 3.50. The van der Waals surface area contributed by atoms with E-state index in [2.05, 4.69) is 10.0 Å². The number of nitrogens with zero attached hydrogens (tertiary/aromatic N) is 4. The van der Waals surface area contributed by atoms with Crippen LogP contribution in [0.15, 0.2) is 23.3 Å². The maximum absolute atomic E-state index is 8.45. The van der Waals surface area contributed by atoms with Crippen molar-refractivity contribution in [2.24, 2.45) is 5.11 Å². The first kappa shape index (κ1) is 11.5. The molecule has 0 N–H and O–H groups in total. The molecule has 0 unspecified atom stereocenters. The molecule has 18 heavy (non-hydrogen) atoms. The van der Waals surface area contributed by atoms with Crippen LogP contribution in [-0.2, 0) is 0 Å². The van der Waals surface area contributed by atoms with Crippen molar-refractivity contribution in [2.45, 2.75) is 38.0 Å². The van der Waals surface area contributed by atoms with E-state index < -0.39 is 0 Å². The Kier molecular flexibility index (Phi) is 3.17. The summed E-state index contributed by atoms with van der Waals surface area (Å²) < 4.78 is 1.13. The predicted octanol–water partition coefficient (Wildman–Crippen LogP) is 5.29. The van der Waals surface area contributed by atoms with Crippen molar-refractivity contribution in [3.8, 4) is 0 Å². The second kappa shape index (κ2) is 4.96.